The summed E-state index contributed by atoms with van der Waals surface area (Å²) in [6.07, 6.45) is 91.1. The summed E-state index contributed by atoms with van der Waals surface area (Å²) in [6.45, 7) is 6.66. The van der Waals surface area contributed by atoms with Gasteiger partial charge in [0.1, 0.15) is 13.2 Å². The fraction of sp³-hybridized carbons (Fsp3) is 0.829. The summed E-state index contributed by atoms with van der Waals surface area (Å²) in [5, 5.41) is 0. The van der Waals surface area contributed by atoms with Crippen molar-refractivity contribution in [1.29, 1.82) is 0 Å². The Balaban J connectivity index is 4.26. The molecule has 0 saturated heterocycles. The van der Waals surface area contributed by atoms with Crippen LogP contribution in [0.3, 0.4) is 0 Å². The molecular weight excluding hydrogens is 1010 g/mol. The second-order valence-electron chi connectivity index (χ2n) is 24.5. The van der Waals surface area contributed by atoms with Crippen molar-refractivity contribution in [3.05, 3.63) is 60.8 Å². The number of rotatable bonds is 67. The van der Waals surface area contributed by atoms with Crippen molar-refractivity contribution in [2.45, 2.75) is 393 Å². The Morgan fingerprint density at radius 1 is 0.244 bits per heavy atom. The van der Waals surface area contributed by atoms with Gasteiger partial charge in [0.25, 0.3) is 0 Å². The number of unbranched alkanes of at least 4 members (excludes halogenated alkanes) is 46. The van der Waals surface area contributed by atoms with Gasteiger partial charge in [-0.2, -0.15) is 0 Å². The topological polar surface area (TPSA) is 78.9 Å². The highest BCUT2D eigenvalue weighted by atomic mass is 16.6. The molecule has 0 amide bonds. The van der Waals surface area contributed by atoms with Crippen LogP contribution in [0.4, 0.5) is 0 Å². The quantitative estimate of drug-likeness (QED) is 0.0261. The second-order valence-corrected chi connectivity index (χ2v) is 24.5. The van der Waals surface area contributed by atoms with Crippen molar-refractivity contribution in [2.75, 3.05) is 13.2 Å². The van der Waals surface area contributed by atoms with Crippen LogP contribution < -0.4 is 0 Å². The number of carbonyl (C=O) groups is 3. The van der Waals surface area contributed by atoms with Crippen LogP contribution in [-0.4, -0.2) is 37.2 Å². The molecule has 0 aliphatic carbocycles. The molecule has 82 heavy (non-hydrogen) atoms. The molecule has 0 radical (unpaired) electrons. The zero-order chi connectivity index (χ0) is 59.2. The first-order valence-corrected chi connectivity index (χ1v) is 36.3. The van der Waals surface area contributed by atoms with E-state index in [4.69, 9.17) is 14.2 Å². The van der Waals surface area contributed by atoms with E-state index < -0.39 is 6.10 Å². The van der Waals surface area contributed by atoms with Crippen LogP contribution in [0.1, 0.15) is 387 Å². The van der Waals surface area contributed by atoms with Crippen LogP contribution in [0.2, 0.25) is 0 Å². The second kappa shape index (κ2) is 70.6. The molecule has 0 aromatic heterocycles. The first-order chi connectivity index (χ1) is 40.5. The van der Waals surface area contributed by atoms with E-state index in [9.17, 15) is 14.4 Å². The molecule has 0 aromatic rings. The molecular formula is C76H138O6. The predicted molar refractivity (Wildman–Crippen MR) is 358 cm³/mol. The Hall–Kier alpha value is -2.89. The van der Waals surface area contributed by atoms with Gasteiger partial charge >= 0.3 is 17.9 Å². The zero-order valence-electron chi connectivity index (χ0n) is 55.0. The summed E-state index contributed by atoms with van der Waals surface area (Å²) < 4.78 is 17.0. The van der Waals surface area contributed by atoms with Crippen molar-refractivity contribution >= 4 is 17.9 Å². The third-order valence-electron chi connectivity index (χ3n) is 16.2. The Kier molecular flexibility index (Phi) is 68.1. The first-order valence-electron chi connectivity index (χ1n) is 36.3. The fourth-order valence-electron chi connectivity index (χ4n) is 10.7. The Labute approximate surface area is 510 Å². The largest absolute Gasteiger partial charge is 0.462 e. The average Bonchev–Trinajstić information content (AvgIpc) is 3.47. The zero-order valence-corrected chi connectivity index (χ0v) is 55.0. The maximum Gasteiger partial charge on any atom is 0.306 e. The highest BCUT2D eigenvalue weighted by Gasteiger charge is 2.19. The monoisotopic (exact) mass is 1150 g/mol. The SMILES string of the molecule is CCCCCC/C=C\C/C=C\CCCCCCCC(=O)OCC(COC(=O)CCCCCCCCCCCCCCCCCCC/C=C\C/C=C\CCCCCCC)OC(=O)CCCCCCCCCCC/C=C\CCCCCCCC. The van der Waals surface area contributed by atoms with Crippen molar-refractivity contribution in [2.24, 2.45) is 0 Å². The van der Waals surface area contributed by atoms with E-state index >= 15 is 0 Å². The van der Waals surface area contributed by atoms with Gasteiger partial charge in [-0.1, -0.05) is 319 Å². The fourth-order valence-corrected chi connectivity index (χ4v) is 10.7. The molecule has 1 atom stereocenters. The van der Waals surface area contributed by atoms with E-state index in [0.717, 1.165) is 83.5 Å². The molecule has 0 aliphatic rings. The predicted octanol–water partition coefficient (Wildman–Crippen LogP) is 25.1. The third kappa shape index (κ3) is 67.9. The van der Waals surface area contributed by atoms with Crippen molar-refractivity contribution in [3.63, 3.8) is 0 Å². The highest BCUT2D eigenvalue weighted by molar-refractivity contribution is 5.71. The van der Waals surface area contributed by atoms with Gasteiger partial charge in [-0.3, -0.25) is 14.4 Å². The molecule has 0 saturated carbocycles. The van der Waals surface area contributed by atoms with Crippen molar-refractivity contribution in [3.8, 4) is 0 Å². The maximum absolute atomic E-state index is 13.0. The summed E-state index contributed by atoms with van der Waals surface area (Å²) in [5.74, 6) is -0.868. The minimum Gasteiger partial charge on any atom is -0.462 e. The van der Waals surface area contributed by atoms with E-state index in [-0.39, 0.29) is 31.1 Å². The minimum atomic E-state index is -0.782. The number of ether oxygens (including phenoxy) is 3. The van der Waals surface area contributed by atoms with Crippen LogP contribution in [0, 0.1) is 0 Å². The number of hydrogen-bond donors (Lipinski definition) is 0. The van der Waals surface area contributed by atoms with Crippen LogP contribution in [-0.2, 0) is 28.6 Å². The summed E-state index contributed by atoms with van der Waals surface area (Å²) in [7, 11) is 0. The van der Waals surface area contributed by atoms with Crippen molar-refractivity contribution < 1.29 is 28.6 Å². The average molecular weight is 1150 g/mol. The molecule has 6 heteroatoms. The number of esters is 3. The van der Waals surface area contributed by atoms with Crippen LogP contribution >= 0.6 is 0 Å². The van der Waals surface area contributed by atoms with Gasteiger partial charge in [0.05, 0.1) is 0 Å². The van der Waals surface area contributed by atoms with Crippen LogP contribution in [0.5, 0.6) is 0 Å². The standard InChI is InChI=1S/C76H138O6/c1-4-7-10-13-16-19-22-25-28-31-33-34-35-36-37-38-39-40-41-42-44-45-48-51-54-57-60-63-66-69-75(78)81-72-73(71-80-74(77)68-65-62-59-56-53-50-47-30-27-24-21-18-15-12-9-6-3)82-76(79)70-67-64-61-58-55-52-49-46-43-32-29-26-23-20-17-14-11-8-5-2/h21-22,24-26,29-31,33,47,73H,4-20,23,27-28,32,34-46,48-72H2,1-3H3/b24-21-,25-22-,29-26-,33-31-,47-30-. The molecule has 0 fully saturated rings. The van der Waals surface area contributed by atoms with Gasteiger partial charge in [0.15, 0.2) is 6.10 Å². The molecule has 0 spiro atoms. The summed E-state index contributed by atoms with van der Waals surface area (Å²) >= 11 is 0. The molecule has 0 N–H and O–H groups in total. The van der Waals surface area contributed by atoms with E-state index in [1.54, 1.807) is 0 Å². The Morgan fingerprint density at radius 3 is 0.695 bits per heavy atom. The Morgan fingerprint density at radius 2 is 0.439 bits per heavy atom. The number of allylic oxidation sites excluding steroid dienone is 10. The summed E-state index contributed by atoms with van der Waals surface area (Å²) in [5.41, 5.74) is 0. The van der Waals surface area contributed by atoms with E-state index in [0.29, 0.717) is 19.3 Å². The number of hydrogen-bond acceptors (Lipinski definition) is 6. The Bertz CT molecular complexity index is 1460. The lowest BCUT2D eigenvalue weighted by Crippen LogP contribution is -2.30. The van der Waals surface area contributed by atoms with Gasteiger partial charge < -0.3 is 14.2 Å². The molecule has 0 aromatic carbocycles. The van der Waals surface area contributed by atoms with E-state index in [1.165, 1.54) is 263 Å². The summed E-state index contributed by atoms with van der Waals surface area (Å²) in [6, 6.07) is 0. The molecule has 0 heterocycles. The van der Waals surface area contributed by atoms with E-state index in [2.05, 4.69) is 81.5 Å². The minimum absolute atomic E-state index is 0.0760. The maximum atomic E-state index is 13.0. The van der Waals surface area contributed by atoms with Gasteiger partial charge in [0.2, 0.25) is 0 Å². The molecule has 0 aliphatic heterocycles. The third-order valence-corrected chi connectivity index (χ3v) is 16.2. The normalized spacial score (nSPS) is 12.4. The van der Waals surface area contributed by atoms with Gasteiger partial charge in [-0.25, -0.2) is 0 Å². The van der Waals surface area contributed by atoms with Gasteiger partial charge in [-0.15, -0.1) is 0 Å². The number of carbonyl (C=O) groups excluding carboxylic acids is 3. The molecule has 0 bridgehead atoms. The smallest absolute Gasteiger partial charge is 0.306 e. The lowest BCUT2D eigenvalue weighted by molar-refractivity contribution is -0.167. The molecule has 6 nitrogen and oxygen atoms in total. The summed E-state index contributed by atoms with van der Waals surface area (Å²) in [4.78, 5) is 38.5. The molecule has 478 valence electrons. The van der Waals surface area contributed by atoms with Crippen molar-refractivity contribution in [1.82, 2.24) is 0 Å². The van der Waals surface area contributed by atoms with Gasteiger partial charge in [-0.05, 0) is 109 Å². The van der Waals surface area contributed by atoms with Gasteiger partial charge in [0, 0.05) is 19.3 Å². The highest BCUT2D eigenvalue weighted by Crippen LogP contribution is 2.18. The van der Waals surface area contributed by atoms with E-state index in [1.807, 2.05) is 0 Å². The van der Waals surface area contributed by atoms with Crippen LogP contribution in [0.25, 0.3) is 0 Å². The molecule has 1 unspecified atom stereocenters. The lowest BCUT2D eigenvalue weighted by atomic mass is 10.0. The van der Waals surface area contributed by atoms with Crippen LogP contribution in [0.15, 0.2) is 60.8 Å². The lowest BCUT2D eigenvalue weighted by Gasteiger charge is -2.18. The molecule has 0 rings (SSSR count). The first kappa shape index (κ1) is 79.1.